The lowest BCUT2D eigenvalue weighted by molar-refractivity contribution is -0.0967. The van der Waals surface area contributed by atoms with Crippen molar-refractivity contribution in [2.45, 2.75) is 12.6 Å². The van der Waals surface area contributed by atoms with Crippen LogP contribution < -0.4 is 0 Å². The summed E-state index contributed by atoms with van der Waals surface area (Å²) in [7, 11) is 0. The number of halogens is 6. The average molecular weight is 268 g/mol. The number of hydrogen-bond acceptors (Lipinski definition) is 1. The first kappa shape index (κ1) is 14.3. The van der Waals surface area contributed by atoms with Gasteiger partial charge in [-0.2, -0.15) is 22.0 Å². The summed E-state index contributed by atoms with van der Waals surface area (Å²) >= 11 is 0. The average Bonchev–Trinajstić information content (AvgIpc) is 2.24. The van der Waals surface area contributed by atoms with Gasteiger partial charge in [0.05, 0.1) is 0 Å². The molecule has 1 aromatic rings. The van der Waals surface area contributed by atoms with Crippen LogP contribution in [-0.2, 0) is 0 Å². The van der Waals surface area contributed by atoms with E-state index in [1.54, 1.807) is 0 Å². The van der Waals surface area contributed by atoms with Crippen molar-refractivity contribution in [1.29, 1.82) is 0 Å². The highest BCUT2D eigenvalue weighted by Gasteiger charge is 2.38. The Kier molecular flexibility index (Phi) is 4.15. The smallest absolute Gasteiger partial charge is 0.294 e. The molecule has 0 fully saturated rings. The van der Waals surface area contributed by atoms with Crippen LogP contribution >= 0.6 is 0 Å². The Balaban J connectivity index is 2.94. The highest BCUT2D eigenvalue weighted by Crippen LogP contribution is 2.32. The first-order valence-corrected chi connectivity index (χ1v) is 4.62. The molecule has 0 amide bonds. The molecule has 0 spiro atoms. The van der Waals surface area contributed by atoms with Gasteiger partial charge < -0.3 is 0 Å². The summed E-state index contributed by atoms with van der Waals surface area (Å²) in [5.41, 5.74) is -2.45. The van der Waals surface area contributed by atoms with Gasteiger partial charge >= 0.3 is 6.18 Å². The number of alkyl halides is 3. The summed E-state index contributed by atoms with van der Waals surface area (Å²) in [4.78, 5) is 11.3. The van der Waals surface area contributed by atoms with Crippen molar-refractivity contribution < 1.29 is 31.1 Å². The summed E-state index contributed by atoms with van der Waals surface area (Å²) < 4.78 is 73.2. The molecule has 0 aromatic heterocycles. The van der Waals surface area contributed by atoms with E-state index in [1.807, 2.05) is 0 Å². The highest BCUT2D eigenvalue weighted by atomic mass is 19.4. The van der Waals surface area contributed by atoms with Crippen LogP contribution in [0.3, 0.4) is 0 Å². The number of Topliss-reactive ketones (excluding diaryl/α,β-unsaturated/α-hetero) is 1. The molecule has 0 bridgehead atoms. The van der Waals surface area contributed by atoms with Gasteiger partial charge in [-0.3, -0.25) is 4.79 Å². The van der Waals surface area contributed by atoms with Crippen molar-refractivity contribution in [3.63, 3.8) is 0 Å². The van der Waals surface area contributed by atoms with Crippen LogP contribution in [0.2, 0.25) is 0 Å². The second-order valence-corrected chi connectivity index (χ2v) is 3.34. The number of carbonyl (C=O) groups excluding carboxylic acids is 1. The van der Waals surface area contributed by atoms with Crippen LogP contribution in [0.5, 0.6) is 0 Å². The van der Waals surface area contributed by atoms with E-state index < -0.39 is 35.9 Å². The molecule has 0 radical (unpaired) electrons. The predicted octanol–water partition coefficient (Wildman–Crippen LogP) is 4.11. The first-order valence-electron chi connectivity index (χ1n) is 4.62. The van der Waals surface area contributed by atoms with Crippen molar-refractivity contribution in [2.24, 2.45) is 0 Å². The zero-order chi connectivity index (χ0) is 13.9. The maximum absolute atomic E-state index is 12.5. The van der Waals surface area contributed by atoms with Gasteiger partial charge in [-0.15, -0.1) is 0 Å². The van der Waals surface area contributed by atoms with E-state index in [0.29, 0.717) is 0 Å². The molecule has 0 atom stereocenters. The van der Waals surface area contributed by atoms with E-state index >= 15 is 0 Å². The molecule has 1 aromatic carbocycles. The summed E-state index contributed by atoms with van der Waals surface area (Å²) in [5, 5.41) is 0. The molecule has 0 heterocycles. The van der Waals surface area contributed by atoms with Crippen LogP contribution in [0.15, 0.2) is 35.9 Å². The Hall–Kier alpha value is -1.79. The largest absolute Gasteiger partial charge is 0.418 e. The fraction of sp³-hybridized carbons (Fsp3) is 0.182. The van der Waals surface area contributed by atoms with Gasteiger partial charge in [0, 0.05) is 12.0 Å². The van der Waals surface area contributed by atoms with Crippen LogP contribution in [-0.4, -0.2) is 12.0 Å². The molecule has 0 aliphatic rings. The van der Waals surface area contributed by atoms with Crippen molar-refractivity contribution in [1.82, 2.24) is 0 Å². The zero-order valence-corrected chi connectivity index (χ0v) is 8.69. The van der Waals surface area contributed by atoms with Gasteiger partial charge in [0.2, 0.25) is 0 Å². The zero-order valence-electron chi connectivity index (χ0n) is 8.69. The topological polar surface area (TPSA) is 17.1 Å². The second-order valence-electron chi connectivity index (χ2n) is 3.34. The van der Waals surface area contributed by atoms with Gasteiger partial charge in [0.25, 0.3) is 6.08 Å². The summed E-state index contributed by atoms with van der Waals surface area (Å²) in [5.74, 6) is -1.84. The third-order valence-corrected chi connectivity index (χ3v) is 2.07. The standard InChI is InChI=1S/C11H6F6O/c12-7-3-1-6(2-4-7)9(18)5-8(10(13)14)11(15,16)17/h1-4H,5H2. The highest BCUT2D eigenvalue weighted by molar-refractivity contribution is 5.97. The maximum atomic E-state index is 12.5. The van der Waals surface area contributed by atoms with Crippen LogP contribution in [0.1, 0.15) is 16.8 Å². The number of carbonyl (C=O) groups is 1. The molecule has 0 saturated carbocycles. The fourth-order valence-corrected chi connectivity index (χ4v) is 1.17. The van der Waals surface area contributed by atoms with Crippen LogP contribution in [0.4, 0.5) is 26.3 Å². The van der Waals surface area contributed by atoms with Crippen molar-refractivity contribution in [2.75, 3.05) is 0 Å². The van der Waals surface area contributed by atoms with E-state index in [2.05, 4.69) is 0 Å². The van der Waals surface area contributed by atoms with Crippen molar-refractivity contribution in [3.05, 3.63) is 47.3 Å². The Morgan fingerprint density at radius 1 is 1.06 bits per heavy atom. The van der Waals surface area contributed by atoms with Crippen molar-refractivity contribution in [3.8, 4) is 0 Å². The van der Waals surface area contributed by atoms with Gasteiger partial charge in [0.1, 0.15) is 11.4 Å². The molecule has 18 heavy (non-hydrogen) atoms. The van der Waals surface area contributed by atoms with E-state index in [-0.39, 0.29) is 5.56 Å². The van der Waals surface area contributed by atoms with Crippen molar-refractivity contribution >= 4 is 5.78 Å². The Labute approximate surface area is 97.7 Å². The molecule has 0 aliphatic heterocycles. The quantitative estimate of drug-likeness (QED) is 0.595. The summed E-state index contributed by atoms with van der Waals surface area (Å²) in [6.45, 7) is 0. The molecule has 0 aliphatic carbocycles. The number of hydrogen-bond donors (Lipinski definition) is 0. The number of ketones is 1. The van der Waals surface area contributed by atoms with E-state index in [9.17, 15) is 31.1 Å². The van der Waals surface area contributed by atoms with Gasteiger partial charge in [0.15, 0.2) is 5.78 Å². The lowest BCUT2D eigenvalue weighted by atomic mass is 10.0. The van der Waals surface area contributed by atoms with Crippen LogP contribution in [0, 0.1) is 5.82 Å². The van der Waals surface area contributed by atoms with E-state index in [4.69, 9.17) is 0 Å². The Morgan fingerprint density at radius 2 is 1.56 bits per heavy atom. The molecule has 0 saturated heterocycles. The monoisotopic (exact) mass is 268 g/mol. The fourth-order valence-electron chi connectivity index (χ4n) is 1.17. The number of rotatable bonds is 3. The molecule has 0 unspecified atom stereocenters. The second kappa shape index (κ2) is 5.24. The number of allylic oxidation sites excluding steroid dienone is 1. The van der Waals surface area contributed by atoms with Crippen LogP contribution in [0.25, 0.3) is 0 Å². The molecule has 7 heteroatoms. The molecule has 0 N–H and O–H groups in total. The molecular weight excluding hydrogens is 262 g/mol. The Bertz CT molecular complexity index is 467. The summed E-state index contributed by atoms with van der Waals surface area (Å²) in [6, 6.07) is 3.58. The van der Waals surface area contributed by atoms with Gasteiger partial charge in [-0.1, -0.05) is 0 Å². The predicted molar refractivity (Wildman–Crippen MR) is 50.6 cm³/mol. The number of benzene rings is 1. The maximum Gasteiger partial charge on any atom is 0.418 e. The molecule has 1 nitrogen and oxygen atoms in total. The minimum atomic E-state index is -5.27. The first-order chi connectivity index (χ1) is 8.21. The molecule has 1 rings (SSSR count). The summed E-state index contributed by atoms with van der Waals surface area (Å²) in [6.07, 6.45) is -9.69. The minimum absolute atomic E-state index is 0.264. The van der Waals surface area contributed by atoms with E-state index in [0.717, 1.165) is 24.3 Å². The SMILES string of the molecule is O=C(CC(=C(F)F)C(F)(F)F)c1ccc(F)cc1. The van der Waals surface area contributed by atoms with Gasteiger partial charge in [-0.25, -0.2) is 4.39 Å². The molecular formula is C11H6F6O. The third kappa shape index (κ3) is 3.61. The minimum Gasteiger partial charge on any atom is -0.294 e. The lowest BCUT2D eigenvalue weighted by Gasteiger charge is -2.09. The van der Waals surface area contributed by atoms with E-state index in [1.165, 1.54) is 0 Å². The molecule has 98 valence electrons. The van der Waals surface area contributed by atoms with Gasteiger partial charge in [-0.05, 0) is 24.3 Å². The lowest BCUT2D eigenvalue weighted by Crippen LogP contribution is -2.16. The normalized spacial score (nSPS) is 11.2. The third-order valence-electron chi connectivity index (χ3n) is 2.07. The Morgan fingerprint density at radius 3 is 1.94 bits per heavy atom.